The summed E-state index contributed by atoms with van der Waals surface area (Å²) in [4.78, 5) is 34.2. The van der Waals surface area contributed by atoms with Crippen molar-refractivity contribution in [2.24, 2.45) is 5.92 Å². The Morgan fingerprint density at radius 1 is 1.06 bits per heavy atom. The minimum absolute atomic E-state index is 0.00640. The average molecular weight is 415 g/mol. The largest absolute Gasteiger partial charge is 0.333 e. The Morgan fingerprint density at radius 3 is 2.42 bits per heavy atom. The number of amides is 2. The lowest BCUT2D eigenvalue weighted by atomic mass is 9.94. The van der Waals surface area contributed by atoms with E-state index in [1.165, 1.54) is 0 Å². The number of carbonyl (C=O) groups excluding carboxylic acids is 2. The molecule has 0 aliphatic carbocycles. The molecule has 5 rings (SSSR count). The molecule has 4 heterocycles. The Labute approximate surface area is 181 Å². The Kier molecular flexibility index (Phi) is 4.61. The van der Waals surface area contributed by atoms with Crippen LogP contribution in [0.1, 0.15) is 52.1 Å². The molecule has 0 saturated carbocycles. The van der Waals surface area contributed by atoms with Crippen LogP contribution in [-0.2, 0) is 0 Å². The van der Waals surface area contributed by atoms with Gasteiger partial charge >= 0.3 is 0 Å². The number of rotatable bonds is 4. The molecule has 1 fully saturated rings. The second kappa shape index (κ2) is 7.34. The van der Waals surface area contributed by atoms with Crippen molar-refractivity contribution in [3.8, 4) is 5.69 Å². The zero-order chi connectivity index (χ0) is 21.7. The number of likely N-dealkylation sites (tertiary alicyclic amines) is 1. The highest BCUT2D eigenvalue weighted by molar-refractivity contribution is 5.99. The highest BCUT2D eigenvalue weighted by atomic mass is 16.2. The van der Waals surface area contributed by atoms with Crippen molar-refractivity contribution < 1.29 is 9.59 Å². The summed E-state index contributed by atoms with van der Waals surface area (Å²) in [5.74, 6) is 0.139. The van der Waals surface area contributed by atoms with Gasteiger partial charge in [0.1, 0.15) is 11.4 Å². The number of hydrogen-bond donors (Lipinski definition) is 0. The maximum Gasteiger partial charge on any atom is 0.273 e. The van der Waals surface area contributed by atoms with Crippen molar-refractivity contribution in [2.75, 3.05) is 13.1 Å². The van der Waals surface area contributed by atoms with E-state index in [1.54, 1.807) is 27.9 Å². The molecule has 2 amide bonds. The lowest BCUT2D eigenvalue weighted by Gasteiger charge is -2.46. The highest BCUT2D eigenvalue weighted by Crippen LogP contribution is 2.43. The van der Waals surface area contributed by atoms with E-state index < -0.39 is 0 Å². The van der Waals surface area contributed by atoms with Crippen molar-refractivity contribution in [1.82, 2.24) is 24.6 Å². The van der Waals surface area contributed by atoms with Gasteiger partial charge in [0, 0.05) is 24.8 Å². The van der Waals surface area contributed by atoms with Gasteiger partial charge in [-0.3, -0.25) is 14.6 Å². The van der Waals surface area contributed by atoms with Crippen LogP contribution in [0.2, 0.25) is 0 Å². The Balaban J connectivity index is 1.44. The normalized spacial score (nSPS) is 18.5. The predicted octanol–water partition coefficient (Wildman–Crippen LogP) is 3.25. The van der Waals surface area contributed by atoms with E-state index in [2.05, 4.69) is 18.8 Å². The molecule has 1 saturated heterocycles. The molecule has 0 radical (unpaired) electrons. The first-order valence-electron chi connectivity index (χ1n) is 10.6. The van der Waals surface area contributed by atoms with Gasteiger partial charge in [-0.1, -0.05) is 38.1 Å². The molecule has 0 bridgehead atoms. The molecule has 1 unspecified atom stereocenters. The molecule has 158 valence electrons. The molecule has 1 atom stereocenters. The summed E-state index contributed by atoms with van der Waals surface area (Å²) in [6, 6.07) is 15.0. The van der Waals surface area contributed by atoms with Gasteiger partial charge in [-0.15, -0.1) is 0 Å². The number of pyridine rings is 1. The first kappa shape index (κ1) is 19.5. The van der Waals surface area contributed by atoms with E-state index in [4.69, 9.17) is 5.10 Å². The number of para-hydroxylation sites is 1. The summed E-state index contributed by atoms with van der Waals surface area (Å²) in [7, 11) is 0. The number of carbonyl (C=O) groups is 2. The molecular formula is C24H25N5O2. The summed E-state index contributed by atoms with van der Waals surface area (Å²) >= 11 is 0. The topological polar surface area (TPSA) is 71.3 Å². The SMILES string of the molecule is Cc1nn(-c2ccccc2)c2c1C(C(C)C)N(C1CN(C(=O)c3ccccn3)C1)C2=O. The number of nitrogens with zero attached hydrogens (tertiary/aromatic N) is 5. The van der Waals surface area contributed by atoms with E-state index in [-0.39, 0.29) is 29.8 Å². The number of aryl methyl sites for hydroxylation is 1. The molecule has 7 heteroatoms. The number of benzene rings is 1. The van der Waals surface area contributed by atoms with E-state index >= 15 is 0 Å². The molecular weight excluding hydrogens is 390 g/mol. The summed E-state index contributed by atoms with van der Waals surface area (Å²) in [6.07, 6.45) is 1.62. The molecule has 2 aliphatic rings. The first-order chi connectivity index (χ1) is 15.0. The van der Waals surface area contributed by atoms with Gasteiger partial charge in [-0.2, -0.15) is 5.10 Å². The summed E-state index contributed by atoms with van der Waals surface area (Å²) in [5, 5.41) is 4.70. The Morgan fingerprint density at radius 2 is 1.77 bits per heavy atom. The van der Waals surface area contributed by atoms with Gasteiger partial charge in [0.25, 0.3) is 11.8 Å². The zero-order valence-electron chi connectivity index (χ0n) is 17.9. The van der Waals surface area contributed by atoms with Crippen LogP contribution >= 0.6 is 0 Å². The Bertz CT molecular complexity index is 1130. The third kappa shape index (κ3) is 3.03. The standard InChI is InChI=1S/C24H25N5O2/c1-15(2)21-20-16(3)26-29(17-9-5-4-6-10-17)22(20)24(31)28(21)18-13-27(14-18)23(30)19-11-7-8-12-25-19/h4-12,15,18,21H,13-14H2,1-3H3. The van der Waals surface area contributed by atoms with Gasteiger partial charge < -0.3 is 9.80 Å². The van der Waals surface area contributed by atoms with Crippen LogP contribution in [0.25, 0.3) is 5.69 Å². The third-order valence-electron chi connectivity index (χ3n) is 6.20. The fraction of sp³-hybridized carbons (Fsp3) is 0.333. The number of fused-ring (bicyclic) bond motifs is 1. The second-order valence-corrected chi connectivity index (χ2v) is 8.58. The average Bonchev–Trinajstić information content (AvgIpc) is 3.24. The third-order valence-corrected chi connectivity index (χ3v) is 6.20. The second-order valence-electron chi connectivity index (χ2n) is 8.58. The molecule has 3 aromatic rings. The van der Waals surface area contributed by atoms with Crippen LogP contribution < -0.4 is 0 Å². The molecule has 31 heavy (non-hydrogen) atoms. The van der Waals surface area contributed by atoms with Crippen LogP contribution in [0.4, 0.5) is 0 Å². The quantitative estimate of drug-likeness (QED) is 0.656. The van der Waals surface area contributed by atoms with Crippen molar-refractivity contribution in [3.05, 3.63) is 77.4 Å². The van der Waals surface area contributed by atoms with Crippen molar-refractivity contribution in [2.45, 2.75) is 32.9 Å². The summed E-state index contributed by atoms with van der Waals surface area (Å²) < 4.78 is 1.78. The molecule has 0 spiro atoms. The van der Waals surface area contributed by atoms with Gasteiger partial charge in [-0.25, -0.2) is 4.68 Å². The van der Waals surface area contributed by atoms with Gasteiger partial charge in [0.05, 0.1) is 23.5 Å². The minimum atomic E-state index is -0.0891. The van der Waals surface area contributed by atoms with Gasteiger partial charge in [0.15, 0.2) is 0 Å². The fourth-order valence-electron chi connectivity index (χ4n) is 4.74. The van der Waals surface area contributed by atoms with Crippen LogP contribution in [0, 0.1) is 12.8 Å². The molecule has 2 aromatic heterocycles. The lowest BCUT2D eigenvalue weighted by Crippen LogP contribution is -2.62. The fourth-order valence-corrected chi connectivity index (χ4v) is 4.74. The zero-order valence-corrected chi connectivity index (χ0v) is 17.9. The van der Waals surface area contributed by atoms with Crippen molar-refractivity contribution >= 4 is 11.8 Å². The van der Waals surface area contributed by atoms with Crippen LogP contribution in [0.5, 0.6) is 0 Å². The van der Waals surface area contributed by atoms with Crippen LogP contribution in [0.3, 0.4) is 0 Å². The van der Waals surface area contributed by atoms with E-state index in [9.17, 15) is 9.59 Å². The molecule has 1 aromatic carbocycles. The predicted molar refractivity (Wildman–Crippen MR) is 116 cm³/mol. The van der Waals surface area contributed by atoms with Crippen LogP contribution in [0.15, 0.2) is 54.7 Å². The van der Waals surface area contributed by atoms with E-state index in [0.717, 1.165) is 16.9 Å². The lowest BCUT2D eigenvalue weighted by molar-refractivity contribution is 0.00803. The maximum absolute atomic E-state index is 13.6. The number of aromatic nitrogens is 3. The number of hydrogen-bond acceptors (Lipinski definition) is 4. The summed E-state index contributed by atoms with van der Waals surface area (Å²) in [6.45, 7) is 7.28. The molecule has 0 N–H and O–H groups in total. The van der Waals surface area contributed by atoms with E-state index in [0.29, 0.717) is 24.5 Å². The smallest absolute Gasteiger partial charge is 0.273 e. The van der Waals surface area contributed by atoms with Crippen molar-refractivity contribution in [3.63, 3.8) is 0 Å². The molecule has 7 nitrogen and oxygen atoms in total. The van der Waals surface area contributed by atoms with Crippen LogP contribution in [-0.4, -0.2) is 55.5 Å². The van der Waals surface area contributed by atoms with Crippen molar-refractivity contribution in [1.29, 1.82) is 0 Å². The monoisotopic (exact) mass is 415 g/mol. The van der Waals surface area contributed by atoms with E-state index in [1.807, 2.05) is 48.2 Å². The summed E-state index contributed by atoms with van der Waals surface area (Å²) in [5.41, 5.74) is 3.86. The Hall–Kier alpha value is -3.48. The van der Waals surface area contributed by atoms with Gasteiger partial charge in [0.2, 0.25) is 0 Å². The van der Waals surface area contributed by atoms with Gasteiger partial charge in [-0.05, 0) is 37.1 Å². The first-order valence-corrected chi connectivity index (χ1v) is 10.6. The minimum Gasteiger partial charge on any atom is -0.333 e. The molecule has 2 aliphatic heterocycles. The highest BCUT2D eigenvalue weighted by Gasteiger charge is 2.50. The maximum atomic E-state index is 13.6.